The van der Waals surface area contributed by atoms with Crippen LogP contribution in [0.2, 0.25) is 0 Å². The van der Waals surface area contributed by atoms with E-state index in [1.165, 1.54) is 0 Å². The highest BCUT2D eigenvalue weighted by atomic mass is 32.5. The van der Waals surface area contributed by atoms with Crippen molar-refractivity contribution in [3.63, 3.8) is 0 Å². The number of benzene rings is 1. The minimum absolute atomic E-state index is 0.177. The lowest BCUT2D eigenvalue weighted by Gasteiger charge is -2.07. The molecule has 0 fully saturated rings. The van der Waals surface area contributed by atoms with Crippen LogP contribution >= 0.6 is 6.49 Å². The van der Waals surface area contributed by atoms with Crippen molar-refractivity contribution in [1.29, 1.82) is 0 Å². The summed E-state index contributed by atoms with van der Waals surface area (Å²) in [6.07, 6.45) is 2.83. The van der Waals surface area contributed by atoms with E-state index in [1.807, 2.05) is 30.3 Å². The third-order valence-electron chi connectivity index (χ3n) is 1.79. The lowest BCUT2D eigenvalue weighted by atomic mass is 10.1. The Kier molecular flexibility index (Phi) is 4.02. The van der Waals surface area contributed by atoms with Crippen molar-refractivity contribution in [2.24, 2.45) is 0 Å². The van der Waals surface area contributed by atoms with Gasteiger partial charge in [0, 0.05) is 6.16 Å². The summed E-state index contributed by atoms with van der Waals surface area (Å²) in [4.78, 5) is 18.2. The molecule has 0 amide bonds. The third-order valence-corrected chi connectivity index (χ3v) is 2.96. The van der Waals surface area contributed by atoms with Gasteiger partial charge in [-0.05, 0) is 29.4 Å². The van der Waals surface area contributed by atoms with Crippen molar-refractivity contribution < 1.29 is 9.79 Å². The Morgan fingerprint density at radius 3 is 2.14 bits per heavy atom. The molecule has 76 valence electrons. The van der Waals surface area contributed by atoms with Gasteiger partial charge in [-0.3, -0.25) is 0 Å². The van der Waals surface area contributed by atoms with E-state index in [0.29, 0.717) is 0 Å². The van der Waals surface area contributed by atoms with Gasteiger partial charge in [-0.25, -0.2) is 0 Å². The molecule has 2 nitrogen and oxygen atoms in total. The predicted octanol–water partition coefficient (Wildman–Crippen LogP) is 2.21. The first-order valence-corrected chi connectivity index (χ1v) is 7.14. The van der Waals surface area contributed by atoms with Crippen molar-refractivity contribution in [2.75, 3.05) is 0 Å². The average molecular weight is 228 g/mol. The van der Waals surface area contributed by atoms with Crippen molar-refractivity contribution in [2.45, 2.75) is 12.6 Å². The standard InChI is InChI=1S/C10H13O2PS/c1-2-3-9-4-6-10(7-5-9)8-13(11,12)14/h2,4-7H,1,3,8H2,(H2,11,12,14). The van der Waals surface area contributed by atoms with E-state index in [-0.39, 0.29) is 6.16 Å². The van der Waals surface area contributed by atoms with Gasteiger partial charge in [0.25, 0.3) is 0 Å². The largest absolute Gasteiger partial charge is 0.345 e. The highest BCUT2D eigenvalue weighted by molar-refractivity contribution is 8.08. The first-order valence-electron chi connectivity index (χ1n) is 4.24. The Labute approximate surface area is 89.1 Å². The maximum atomic E-state index is 9.11. The van der Waals surface area contributed by atoms with Crippen molar-refractivity contribution >= 4 is 18.3 Å². The Hall–Kier alpha value is -0.470. The third kappa shape index (κ3) is 4.16. The molecular formula is C10H13O2PS. The summed E-state index contributed by atoms with van der Waals surface area (Å²) in [7, 11) is 0. The Morgan fingerprint density at radius 2 is 1.71 bits per heavy atom. The fourth-order valence-corrected chi connectivity index (χ4v) is 2.32. The van der Waals surface area contributed by atoms with Crippen LogP contribution in [-0.2, 0) is 24.4 Å². The van der Waals surface area contributed by atoms with Gasteiger partial charge in [0.05, 0.1) is 0 Å². The summed E-state index contributed by atoms with van der Waals surface area (Å²) in [6, 6.07) is 7.63. The van der Waals surface area contributed by atoms with Gasteiger partial charge in [0.15, 0.2) is 6.49 Å². The Morgan fingerprint density at radius 1 is 1.21 bits per heavy atom. The molecular weight excluding hydrogens is 215 g/mol. The normalized spacial score (nSPS) is 11.3. The molecule has 0 aliphatic rings. The summed E-state index contributed by atoms with van der Waals surface area (Å²) >= 11 is 4.56. The number of allylic oxidation sites excluding steroid dienone is 1. The molecule has 0 bridgehead atoms. The first-order chi connectivity index (χ1) is 6.51. The quantitative estimate of drug-likeness (QED) is 0.613. The van der Waals surface area contributed by atoms with E-state index in [9.17, 15) is 0 Å². The lowest BCUT2D eigenvalue weighted by Crippen LogP contribution is -1.87. The van der Waals surface area contributed by atoms with Crippen LogP contribution in [0.3, 0.4) is 0 Å². The van der Waals surface area contributed by atoms with Crippen LogP contribution in [-0.4, -0.2) is 9.79 Å². The van der Waals surface area contributed by atoms with Gasteiger partial charge in [0.2, 0.25) is 0 Å². The highest BCUT2D eigenvalue weighted by Gasteiger charge is 2.07. The van der Waals surface area contributed by atoms with Crippen LogP contribution < -0.4 is 0 Å². The first kappa shape index (κ1) is 11.6. The van der Waals surface area contributed by atoms with Crippen molar-refractivity contribution in [3.05, 3.63) is 48.0 Å². The summed E-state index contributed by atoms with van der Waals surface area (Å²) in [6.45, 7) is 0.542. The second-order valence-electron chi connectivity index (χ2n) is 3.13. The summed E-state index contributed by atoms with van der Waals surface area (Å²) < 4.78 is 0. The van der Waals surface area contributed by atoms with Crippen molar-refractivity contribution in [3.8, 4) is 0 Å². The molecule has 0 radical (unpaired) electrons. The van der Waals surface area contributed by atoms with Crippen LogP contribution in [0.25, 0.3) is 0 Å². The predicted molar refractivity (Wildman–Crippen MR) is 62.8 cm³/mol. The monoisotopic (exact) mass is 228 g/mol. The summed E-state index contributed by atoms with van der Waals surface area (Å²) in [5.74, 6) is 0. The second kappa shape index (κ2) is 4.85. The maximum absolute atomic E-state index is 9.11. The minimum Gasteiger partial charge on any atom is -0.345 e. The van der Waals surface area contributed by atoms with Gasteiger partial charge in [0.1, 0.15) is 0 Å². The summed E-state index contributed by atoms with van der Waals surface area (Å²) in [5, 5.41) is 0. The van der Waals surface area contributed by atoms with Crippen LogP contribution in [0.4, 0.5) is 0 Å². The fraction of sp³-hybridized carbons (Fsp3) is 0.200. The lowest BCUT2D eigenvalue weighted by molar-refractivity contribution is 0.477. The number of rotatable bonds is 4. The number of hydrogen-bond donors (Lipinski definition) is 2. The van der Waals surface area contributed by atoms with Crippen LogP contribution in [0.1, 0.15) is 11.1 Å². The Balaban J connectivity index is 2.73. The van der Waals surface area contributed by atoms with Crippen LogP contribution in [0.5, 0.6) is 0 Å². The second-order valence-corrected chi connectivity index (χ2v) is 6.53. The topological polar surface area (TPSA) is 40.5 Å². The van der Waals surface area contributed by atoms with E-state index in [4.69, 9.17) is 9.79 Å². The molecule has 0 spiro atoms. The van der Waals surface area contributed by atoms with Crippen molar-refractivity contribution in [1.82, 2.24) is 0 Å². The van der Waals surface area contributed by atoms with Crippen LogP contribution in [0.15, 0.2) is 36.9 Å². The zero-order valence-corrected chi connectivity index (χ0v) is 9.47. The van der Waals surface area contributed by atoms with E-state index >= 15 is 0 Å². The molecule has 0 heterocycles. The highest BCUT2D eigenvalue weighted by Crippen LogP contribution is 2.39. The van der Waals surface area contributed by atoms with Crippen LogP contribution in [0, 0.1) is 0 Å². The van der Waals surface area contributed by atoms with Gasteiger partial charge >= 0.3 is 0 Å². The van der Waals surface area contributed by atoms with E-state index in [1.54, 1.807) is 0 Å². The zero-order chi connectivity index (χ0) is 10.6. The SMILES string of the molecule is C=CCc1ccc(CP(O)(O)=S)cc1. The molecule has 4 heteroatoms. The molecule has 1 aromatic carbocycles. The molecule has 0 saturated carbocycles. The molecule has 0 unspecified atom stereocenters. The van der Waals surface area contributed by atoms with Gasteiger partial charge in [-0.2, -0.15) is 0 Å². The van der Waals surface area contributed by atoms with E-state index < -0.39 is 6.49 Å². The molecule has 2 N–H and O–H groups in total. The molecule has 1 rings (SSSR count). The molecule has 0 atom stereocenters. The number of hydrogen-bond acceptors (Lipinski definition) is 1. The molecule has 1 aromatic rings. The minimum atomic E-state index is -3.10. The van der Waals surface area contributed by atoms with Gasteiger partial charge in [-0.1, -0.05) is 30.3 Å². The smallest absolute Gasteiger partial charge is 0.187 e. The van der Waals surface area contributed by atoms with E-state index in [0.717, 1.165) is 17.5 Å². The Bertz CT molecular complexity index is 353. The van der Waals surface area contributed by atoms with E-state index in [2.05, 4.69) is 18.4 Å². The zero-order valence-electron chi connectivity index (χ0n) is 7.76. The average Bonchev–Trinajstić information content (AvgIpc) is 2.06. The van der Waals surface area contributed by atoms with Gasteiger partial charge in [-0.15, -0.1) is 6.58 Å². The molecule has 0 aromatic heterocycles. The fourth-order valence-electron chi connectivity index (χ4n) is 1.19. The van der Waals surface area contributed by atoms with Gasteiger partial charge < -0.3 is 9.79 Å². The maximum Gasteiger partial charge on any atom is 0.187 e. The molecule has 0 aliphatic heterocycles. The molecule has 14 heavy (non-hydrogen) atoms. The molecule has 0 aliphatic carbocycles. The summed E-state index contributed by atoms with van der Waals surface area (Å²) in [5.41, 5.74) is 2.03. The molecule has 0 saturated heterocycles.